The summed E-state index contributed by atoms with van der Waals surface area (Å²) < 4.78 is 4.56. The molecule has 28 heavy (non-hydrogen) atoms. The zero-order chi connectivity index (χ0) is 21.1. The molecular weight excluding hydrogens is 368 g/mol. The number of methoxy groups -OCH3 is 1. The van der Waals surface area contributed by atoms with Crippen molar-refractivity contribution >= 4 is 41.8 Å². The van der Waals surface area contributed by atoms with Crippen molar-refractivity contribution < 1.29 is 9.53 Å². The molecule has 0 bridgehead atoms. The first-order valence-corrected chi connectivity index (χ1v) is 8.14. The predicted molar refractivity (Wildman–Crippen MR) is 108 cm³/mol. The first-order valence-electron chi connectivity index (χ1n) is 8.14. The second-order valence-electron chi connectivity index (χ2n) is 4.87. The summed E-state index contributed by atoms with van der Waals surface area (Å²) in [5.41, 5.74) is 0. The van der Waals surface area contributed by atoms with Gasteiger partial charge in [-0.25, -0.2) is 9.69 Å². The summed E-state index contributed by atoms with van der Waals surface area (Å²) in [4.78, 5) is 36.6. The molecular formula is C14H26N12O2. The van der Waals surface area contributed by atoms with E-state index in [4.69, 9.17) is 0 Å². The molecule has 0 aromatic carbocycles. The maximum atomic E-state index is 11.3. The molecule has 2 aromatic rings. The number of nitrogens with zero attached hydrogens (tertiary/aromatic N) is 7. The van der Waals surface area contributed by atoms with Crippen LogP contribution in [-0.4, -0.2) is 85.4 Å². The summed E-state index contributed by atoms with van der Waals surface area (Å²) in [7, 11) is 11.4. The van der Waals surface area contributed by atoms with E-state index in [0.29, 0.717) is 29.7 Å². The van der Waals surface area contributed by atoms with Crippen molar-refractivity contribution in [1.29, 1.82) is 0 Å². The Bertz CT molecular complexity index is 694. The first-order chi connectivity index (χ1) is 13.4. The maximum absolute atomic E-state index is 11.3. The number of carbonyl (C=O) groups is 1. The minimum atomic E-state index is -0.546. The lowest BCUT2D eigenvalue weighted by atomic mass is 10.7. The smallest absolute Gasteiger partial charge is 0.416 e. The number of ether oxygens (including phenoxy) is 1. The molecule has 0 atom stereocenters. The highest BCUT2D eigenvalue weighted by atomic mass is 16.5. The van der Waals surface area contributed by atoms with Crippen LogP contribution >= 0.6 is 0 Å². The number of rotatable bonds is 6. The zero-order valence-corrected chi connectivity index (χ0v) is 16.9. The van der Waals surface area contributed by atoms with Crippen LogP contribution in [-0.2, 0) is 4.74 Å². The van der Waals surface area contributed by atoms with E-state index in [9.17, 15) is 4.79 Å². The molecule has 0 fully saturated rings. The molecule has 0 radical (unpaired) electrons. The molecule has 14 heteroatoms. The van der Waals surface area contributed by atoms with Crippen molar-refractivity contribution in [3.63, 3.8) is 0 Å². The summed E-state index contributed by atoms with van der Waals surface area (Å²) in [6.45, 7) is 0. The fourth-order valence-electron chi connectivity index (χ4n) is 1.67. The number of hydrogen-bond acceptors (Lipinski definition) is 13. The van der Waals surface area contributed by atoms with Gasteiger partial charge >= 0.3 is 6.09 Å². The van der Waals surface area contributed by atoms with E-state index in [1.807, 2.05) is 0 Å². The van der Waals surface area contributed by atoms with Gasteiger partial charge < -0.3 is 31.3 Å². The van der Waals surface area contributed by atoms with Crippen LogP contribution in [0.2, 0.25) is 0 Å². The number of anilines is 6. The monoisotopic (exact) mass is 394 g/mol. The van der Waals surface area contributed by atoms with Gasteiger partial charge in [0.2, 0.25) is 35.7 Å². The molecule has 5 N–H and O–H groups in total. The van der Waals surface area contributed by atoms with Crippen LogP contribution < -0.4 is 31.5 Å². The van der Waals surface area contributed by atoms with E-state index < -0.39 is 6.09 Å². The highest BCUT2D eigenvalue weighted by molar-refractivity contribution is 5.84. The Morgan fingerprint density at radius 2 is 0.964 bits per heavy atom. The molecule has 0 unspecified atom stereocenters. The summed E-state index contributed by atoms with van der Waals surface area (Å²) in [5.74, 6) is 2.56. The van der Waals surface area contributed by atoms with Crippen molar-refractivity contribution in [3.05, 3.63) is 0 Å². The van der Waals surface area contributed by atoms with E-state index in [0.717, 1.165) is 0 Å². The minimum Gasteiger partial charge on any atom is -0.452 e. The Hall–Kier alpha value is -3.71. The summed E-state index contributed by atoms with van der Waals surface area (Å²) in [6.07, 6.45) is -0.546. The van der Waals surface area contributed by atoms with Crippen LogP contribution in [0.4, 0.5) is 40.5 Å². The molecule has 1 amide bonds. The zero-order valence-electron chi connectivity index (χ0n) is 16.9. The molecule has 0 aliphatic heterocycles. The third-order valence-electron chi connectivity index (χ3n) is 3.13. The summed E-state index contributed by atoms with van der Waals surface area (Å²) >= 11 is 0. The molecule has 0 saturated heterocycles. The second-order valence-corrected chi connectivity index (χ2v) is 4.87. The third kappa shape index (κ3) is 6.22. The highest BCUT2D eigenvalue weighted by Gasteiger charge is 2.15. The Labute approximate surface area is 163 Å². The van der Waals surface area contributed by atoms with Gasteiger partial charge in [0.15, 0.2) is 0 Å². The molecule has 2 aromatic heterocycles. The quantitative estimate of drug-likeness (QED) is 0.449. The van der Waals surface area contributed by atoms with Gasteiger partial charge in [-0.15, -0.1) is 0 Å². The van der Waals surface area contributed by atoms with E-state index >= 15 is 0 Å². The minimum absolute atomic E-state index is 0.204. The van der Waals surface area contributed by atoms with Gasteiger partial charge in [0.1, 0.15) is 0 Å². The third-order valence-corrected chi connectivity index (χ3v) is 3.13. The summed E-state index contributed by atoms with van der Waals surface area (Å²) in [5, 5.41) is 14.0. The van der Waals surface area contributed by atoms with Crippen molar-refractivity contribution in [2.45, 2.75) is 0 Å². The van der Waals surface area contributed by atoms with Crippen LogP contribution in [0.3, 0.4) is 0 Å². The Balaban J connectivity index is 0.000000292. The van der Waals surface area contributed by atoms with Crippen LogP contribution in [0.15, 0.2) is 0 Å². The molecule has 0 spiro atoms. The van der Waals surface area contributed by atoms with E-state index in [-0.39, 0.29) is 5.95 Å². The molecule has 0 saturated carbocycles. The van der Waals surface area contributed by atoms with Crippen molar-refractivity contribution in [2.24, 2.45) is 0 Å². The number of nitrogens with one attached hydrogen (secondary N) is 5. The Morgan fingerprint density at radius 1 is 0.679 bits per heavy atom. The Morgan fingerprint density at radius 3 is 1.21 bits per heavy atom. The van der Waals surface area contributed by atoms with Crippen LogP contribution in [0.25, 0.3) is 0 Å². The molecule has 0 aliphatic carbocycles. The normalized spacial score (nSPS) is 9.39. The number of aromatic nitrogens is 6. The second kappa shape index (κ2) is 11.1. The molecule has 0 aliphatic rings. The maximum Gasteiger partial charge on any atom is 0.416 e. The number of carbonyl (C=O) groups excluding carboxylic acids is 1. The van der Waals surface area contributed by atoms with Crippen molar-refractivity contribution in [2.75, 3.05) is 80.9 Å². The SMILES string of the molecule is CNc1nc(NC)nc(N(C)C(=O)OC)n1.CNc1nc(NC)nc(NC)n1. The Kier molecular flexibility index (Phi) is 8.85. The van der Waals surface area contributed by atoms with Gasteiger partial charge in [-0.2, -0.15) is 29.9 Å². The van der Waals surface area contributed by atoms with E-state index in [1.165, 1.54) is 19.1 Å². The fourth-order valence-corrected chi connectivity index (χ4v) is 1.67. The molecule has 2 rings (SSSR count). The number of hydrogen-bond donors (Lipinski definition) is 5. The first kappa shape index (κ1) is 22.3. The molecule has 2 heterocycles. The largest absolute Gasteiger partial charge is 0.452 e. The van der Waals surface area contributed by atoms with Crippen LogP contribution in [0.1, 0.15) is 0 Å². The average Bonchev–Trinajstić information content (AvgIpc) is 2.77. The van der Waals surface area contributed by atoms with Gasteiger partial charge in [0.05, 0.1) is 7.11 Å². The van der Waals surface area contributed by atoms with Crippen molar-refractivity contribution in [1.82, 2.24) is 29.9 Å². The van der Waals surface area contributed by atoms with Gasteiger partial charge in [-0.3, -0.25) is 0 Å². The lowest BCUT2D eigenvalue weighted by Gasteiger charge is -2.14. The average molecular weight is 394 g/mol. The topological polar surface area (TPSA) is 167 Å². The van der Waals surface area contributed by atoms with E-state index in [1.54, 1.807) is 35.2 Å². The number of amides is 1. The van der Waals surface area contributed by atoms with Gasteiger partial charge in [-0.05, 0) is 0 Å². The molecule has 154 valence electrons. The lowest BCUT2D eigenvalue weighted by molar-refractivity contribution is 0.180. The van der Waals surface area contributed by atoms with E-state index in [2.05, 4.69) is 61.2 Å². The van der Waals surface area contributed by atoms with Crippen LogP contribution in [0, 0.1) is 0 Å². The fraction of sp³-hybridized carbons (Fsp3) is 0.500. The van der Waals surface area contributed by atoms with Crippen LogP contribution in [0.5, 0.6) is 0 Å². The summed E-state index contributed by atoms with van der Waals surface area (Å²) in [6, 6.07) is 0. The molecule has 14 nitrogen and oxygen atoms in total. The van der Waals surface area contributed by atoms with Gasteiger partial charge in [0.25, 0.3) is 0 Å². The lowest BCUT2D eigenvalue weighted by Crippen LogP contribution is -2.28. The predicted octanol–water partition coefficient (Wildman–Crippen LogP) is 0.154. The van der Waals surface area contributed by atoms with Gasteiger partial charge in [0, 0.05) is 42.3 Å². The standard InChI is InChI=1S/C8H14N6O2.C6H12N6/c1-9-5-11-6(10-2)13-7(12-5)14(3)8(15)16-4;1-7-4-10-5(8-2)12-6(9-3)11-4/h1-4H3,(H2,9,10,11,12,13);1-3H3,(H3,7,8,9,10,11,12). The highest BCUT2D eigenvalue weighted by Crippen LogP contribution is 2.12. The van der Waals surface area contributed by atoms with Gasteiger partial charge in [-0.1, -0.05) is 0 Å². The van der Waals surface area contributed by atoms with Crippen molar-refractivity contribution in [3.8, 4) is 0 Å².